The number of halogens is 4. The molecular formula is C25H19ClF3N5O4. The van der Waals surface area contributed by atoms with Crippen LogP contribution in [0.4, 0.5) is 24.8 Å². The number of carbonyl (C=O) groups excluding carboxylic acids is 1. The van der Waals surface area contributed by atoms with Gasteiger partial charge in [-0.1, -0.05) is 11.6 Å². The summed E-state index contributed by atoms with van der Waals surface area (Å²) in [6, 6.07) is 4.24. The number of aliphatic imine (C=N–C) groups is 1. The molecular weight excluding hydrogens is 527 g/mol. The average molecular weight is 546 g/mol. The van der Waals surface area contributed by atoms with Crippen molar-refractivity contribution in [2.24, 2.45) is 4.99 Å². The van der Waals surface area contributed by atoms with E-state index >= 15 is 0 Å². The SMILES string of the molecule is O=C1CN=CC=C1Cn1c(=O)nc(Nc2cc3c(cc2Cl)OCCC3)n(Cc2cc(F)c(F)cc2F)c1=O. The zero-order valence-electron chi connectivity index (χ0n) is 19.6. The van der Waals surface area contributed by atoms with Crippen LogP contribution in [0.15, 0.2) is 50.5 Å². The molecule has 2 aliphatic rings. The highest BCUT2D eigenvalue weighted by Crippen LogP contribution is 2.35. The number of carbonyl (C=O) groups is 1. The quantitative estimate of drug-likeness (QED) is 0.477. The first-order chi connectivity index (χ1) is 18.2. The normalized spacial score (nSPS) is 14.6. The van der Waals surface area contributed by atoms with E-state index in [-0.39, 0.29) is 34.4 Å². The van der Waals surface area contributed by atoms with E-state index in [2.05, 4.69) is 15.3 Å². The molecule has 2 aromatic carbocycles. The highest BCUT2D eigenvalue weighted by molar-refractivity contribution is 6.33. The number of benzene rings is 2. The van der Waals surface area contributed by atoms with Crippen molar-refractivity contribution in [3.8, 4) is 5.75 Å². The third-order valence-corrected chi connectivity index (χ3v) is 6.43. The molecule has 0 amide bonds. The maximum Gasteiger partial charge on any atom is 0.355 e. The molecule has 0 saturated heterocycles. The first-order valence-electron chi connectivity index (χ1n) is 11.5. The van der Waals surface area contributed by atoms with E-state index in [1.54, 1.807) is 12.1 Å². The maximum absolute atomic E-state index is 14.5. The van der Waals surface area contributed by atoms with Crippen LogP contribution >= 0.6 is 11.6 Å². The number of hydrogen-bond donors (Lipinski definition) is 1. The summed E-state index contributed by atoms with van der Waals surface area (Å²) < 4.78 is 49.1. The van der Waals surface area contributed by atoms with E-state index in [0.29, 0.717) is 41.2 Å². The number of Topliss-reactive ketones (excluding diaryl/α,β-unsaturated/α-hetero) is 1. The first kappa shape index (κ1) is 25.5. The van der Waals surface area contributed by atoms with Crippen molar-refractivity contribution in [3.63, 3.8) is 0 Å². The number of nitrogens with one attached hydrogen (secondary N) is 1. The van der Waals surface area contributed by atoms with Gasteiger partial charge in [-0.15, -0.1) is 0 Å². The van der Waals surface area contributed by atoms with Crippen LogP contribution in [-0.4, -0.2) is 39.3 Å². The Labute approximate surface area is 217 Å². The van der Waals surface area contributed by atoms with Gasteiger partial charge in [0.25, 0.3) is 0 Å². The summed E-state index contributed by atoms with van der Waals surface area (Å²) in [5, 5.41) is 3.04. The Kier molecular flexibility index (Phi) is 6.89. The number of fused-ring (bicyclic) bond motifs is 1. The lowest BCUT2D eigenvalue weighted by Crippen LogP contribution is -2.43. The molecule has 0 aliphatic carbocycles. The molecule has 0 fully saturated rings. The smallest absolute Gasteiger partial charge is 0.355 e. The molecule has 5 rings (SSSR count). The number of ether oxygens (including phenoxy) is 1. The van der Waals surface area contributed by atoms with Gasteiger partial charge in [0.2, 0.25) is 5.95 Å². The zero-order valence-corrected chi connectivity index (χ0v) is 20.4. The Morgan fingerprint density at radius 1 is 1.00 bits per heavy atom. The van der Waals surface area contributed by atoms with Crippen molar-refractivity contribution in [1.29, 1.82) is 0 Å². The Morgan fingerprint density at radius 3 is 2.58 bits per heavy atom. The molecule has 1 N–H and O–H groups in total. The molecule has 13 heteroatoms. The zero-order chi connectivity index (χ0) is 27.0. The number of ketones is 1. The van der Waals surface area contributed by atoms with Crippen LogP contribution in [0.2, 0.25) is 5.02 Å². The third-order valence-electron chi connectivity index (χ3n) is 6.12. The van der Waals surface area contributed by atoms with Gasteiger partial charge in [-0.05, 0) is 36.6 Å². The minimum atomic E-state index is -1.40. The van der Waals surface area contributed by atoms with Crippen molar-refractivity contribution >= 4 is 35.2 Å². The average Bonchev–Trinajstić information content (AvgIpc) is 2.88. The second-order valence-electron chi connectivity index (χ2n) is 8.65. The van der Waals surface area contributed by atoms with Gasteiger partial charge in [0.1, 0.15) is 18.1 Å². The molecule has 0 spiro atoms. The molecule has 2 aliphatic heterocycles. The van der Waals surface area contributed by atoms with E-state index < -0.39 is 41.9 Å². The summed E-state index contributed by atoms with van der Waals surface area (Å²) in [6.07, 6.45) is 4.23. The number of nitrogens with zero attached hydrogens (tertiary/aromatic N) is 4. The minimum Gasteiger partial charge on any atom is -0.493 e. The van der Waals surface area contributed by atoms with E-state index in [0.717, 1.165) is 16.6 Å². The predicted molar refractivity (Wildman–Crippen MR) is 133 cm³/mol. The fraction of sp³-hybridized carbons (Fsp3) is 0.240. The van der Waals surface area contributed by atoms with Gasteiger partial charge >= 0.3 is 11.4 Å². The van der Waals surface area contributed by atoms with Gasteiger partial charge in [0.05, 0.1) is 30.4 Å². The van der Waals surface area contributed by atoms with E-state index in [1.807, 2.05) is 0 Å². The lowest BCUT2D eigenvalue weighted by molar-refractivity contribution is -0.114. The van der Waals surface area contributed by atoms with Gasteiger partial charge in [-0.3, -0.25) is 14.4 Å². The molecule has 3 heterocycles. The molecule has 3 aromatic rings. The van der Waals surface area contributed by atoms with Gasteiger partial charge in [-0.2, -0.15) is 4.98 Å². The predicted octanol–water partition coefficient (Wildman–Crippen LogP) is 3.17. The number of dihydropyridines is 1. The number of hydrogen-bond acceptors (Lipinski definition) is 7. The highest BCUT2D eigenvalue weighted by Gasteiger charge is 2.21. The fourth-order valence-electron chi connectivity index (χ4n) is 4.13. The second kappa shape index (κ2) is 10.3. The summed E-state index contributed by atoms with van der Waals surface area (Å²) >= 11 is 6.39. The monoisotopic (exact) mass is 545 g/mol. The van der Waals surface area contributed by atoms with Crippen LogP contribution in [0.1, 0.15) is 17.5 Å². The van der Waals surface area contributed by atoms with Crippen LogP contribution in [0.3, 0.4) is 0 Å². The van der Waals surface area contributed by atoms with Crippen molar-refractivity contribution < 1.29 is 22.7 Å². The van der Waals surface area contributed by atoms with Crippen molar-refractivity contribution in [2.45, 2.75) is 25.9 Å². The van der Waals surface area contributed by atoms with Crippen LogP contribution in [0, 0.1) is 17.5 Å². The van der Waals surface area contributed by atoms with Crippen LogP contribution in [0.25, 0.3) is 0 Å². The number of aromatic nitrogens is 3. The Balaban J connectivity index is 1.62. The molecule has 9 nitrogen and oxygen atoms in total. The highest BCUT2D eigenvalue weighted by atomic mass is 35.5. The van der Waals surface area contributed by atoms with Crippen molar-refractivity contribution in [2.75, 3.05) is 18.5 Å². The topological polar surface area (TPSA) is 108 Å². The molecule has 38 heavy (non-hydrogen) atoms. The fourth-order valence-corrected chi connectivity index (χ4v) is 4.33. The maximum atomic E-state index is 14.5. The van der Waals surface area contributed by atoms with Gasteiger partial charge in [0.15, 0.2) is 17.4 Å². The van der Waals surface area contributed by atoms with Crippen LogP contribution < -0.4 is 21.4 Å². The Hall–Kier alpha value is -4.19. The first-order valence-corrected chi connectivity index (χ1v) is 11.9. The molecule has 0 atom stereocenters. The Bertz CT molecular complexity index is 1650. The third kappa shape index (κ3) is 4.99. The Morgan fingerprint density at radius 2 is 1.79 bits per heavy atom. The molecule has 0 saturated carbocycles. The van der Waals surface area contributed by atoms with E-state index in [1.165, 1.54) is 12.3 Å². The summed E-state index contributed by atoms with van der Waals surface area (Å²) in [7, 11) is 0. The number of allylic oxidation sites excluding steroid dienone is 1. The number of aryl methyl sites for hydroxylation is 1. The summed E-state index contributed by atoms with van der Waals surface area (Å²) in [5.74, 6) is -3.92. The van der Waals surface area contributed by atoms with E-state index in [9.17, 15) is 27.6 Å². The summed E-state index contributed by atoms with van der Waals surface area (Å²) in [6.45, 7) is -0.618. The molecule has 0 unspecified atom stereocenters. The van der Waals surface area contributed by atoms with E-state index in [4.69, 9.17) is 16.3 Å². The van der Waals surface area contributed by atoms with Crippen molar-refractivity contribution in [1.82, 2.24) is 14.1 Å². The lowest BCUT2D eigenvalue weighted by atomic mass is 10.1. The number of anilines is 2. The molecule has 0 bridgehead atoms. The minimum absolute atomic E-state index is 0.136. The standard InChI is InChI=1S/C25H19ClF3N5O4/c26-16-8-22-13(2-1-5-38-22)7-20(16)31-23-32-24(36)34(11-14-3-4-30-10-21(14)35)25(37)33(23)12-15-6-18(28)19(29)9-17(15)27/h3-4,6-9H,1-2,5,10-12H2,(H,31,32,36). The van der Waals surface area contributed by atoms with Crippen molar-refractivity contribution in [3.05, 3.63) is 90.5 Å². The van der Waals surface area contributed by atoms with Crippen LogP contribution in [0.5, 0.6) is 5.75 Å². The molecule has 196 valence electrons. The molecule has 0 radical (unpaired) electrons. The lowest BCUT2D eigenvalue weighted by Gasteiger charge is -2.21. The summed E-state index contributed by atoms with van der Waals surface area (Å²) in [5.41, 5.74) is -1.06. The van der Waals surface area contributed by atoms with Gasteiger partial charge < -0.3 is 10.1 Å². The van der Waals surface area contributed by atoms with Gasteiger partial charge in [-0.25, -0.2) is 27.3 Å². The summed E-state index contributed by atoms with van der Waals surface area (Å²) in [4.78, 5) is 46.4. The molecule has 1 aromatic heterocycles. The van der Waals surface area contributed by atoms with Crippen LogP contribution in [-0.2, 0) is 24.3 Å². The second-order valence-corrected chi connectivity index (χ2v) is 9.06. The van der Waals surface area contributed by atoms with Gasteiger partial charge in [0, 0.05) is 29.5 Å². The number of rotatable bonds is 6. The largest absolute Gasteiger partial charge is 0.493 e.